The summed E-state index contributed by atoms with van der Waals surface area (Å²) >= 11 is 0. The Morgan fingerprint density at radius 1 is 0.970 bits per heavy atom. The lowest BCUT2D eigenvalue weighted by molar-refractivity contribution is 0.313. The third kappa shape index (κ3) is 3.32. The molecule has 1 aromatic heterocycles. The van der Waals surface area contributed by atoms with Crippen LogP contribution in [0.5, 0.6) is 0 Å². The lowest BCUT2D eigenvalue weighted by Gasteiger charge is -2.34. The summed E-state index contributed by atoms with van der Waals surface area (Å²) in [4.78, 5) is 14.6. The molecule has 0 spiro atoms. The van der Waals surface area contributed by atoms with Gasteiger partial charge in [0.2, 0.25) is 0 Å². The number of amidine groups is 1. The van der Waals surface area contributed by atoms with Crippen molar-refractivity contribution in [1.29, 1.82) is 5.41 Å². The fraction of sp³-hybridized carbons (Fsp3) is 0.231. The van der Waals surface area contributed by atoms with Crippen LogP contribution in [0.1, 0.15) is 5.82 Å². The van der Waals surface area contributed by atoms with Gasteiger partial charge in [-0.3, -0.25) is 5.41 Å². The van der Waals surface area contributed by atoms with Crippen LogP contribution in [0.3, 0.4) is 0 Å². The second kappa shape index (κ2) is 7.64. The number of likely N-dealkylation sites (N-methyl/N-ethyl adjacent to an activating group) is 1. The molecule has 0 radical (unpaired) electrons. The number of imidazole rings is 1. The quantitative estimate of drug-likeness (QED) is 0.446. The normalized spacial score (nSPS) is 17.7. The van der Waals surface area contributed by atoms with Gasteiger partial charge < -0.3 is 24.8 Å². The van der Waals surface area contributed by atoms with Gasteiger partial charge in [-0.1, -0.05) is 36.4 Å². The first-order valence-electron chi connectivity index (χ1n) is 11.3. The molecule has 1 saturated heterocycles. The maximum atomic E-state index is 10.8. The van der Waals surface area contributed by atoms with Crippen LogP contribution in [-0.4, -0.2) is 65.6 Å². The molecule has 2 aliphatic heterocycles. The Balaban J connectivity index is 1.33. The second-order valence-electron chi connectivity index (χ2n) is 8.83. The van der Waals surface area contributed by atoms with Crippen LogP contribution >= 0.6 is 0 Å². The smallest absolute Gasteiger partial charge is 0.145 e. The number of H-pyrrole nitrogens is 1. The van der Waals surface area contributed by atoms with Crippen molar-refractivity contribution < 1.29 is 5.11 Å². The molecule has 33 heavy (non-hydrogen) atoms. The van der Waals surface area contributed by atoms with Gasteiger partial charge in [0.25, 0.3) is 0 Å². The minimum atomic E-state index is 0.159. The number of aromatic amines is 1. The predicted molar refractivity (Wildman–Crippen MR) is 134 cm³/mol. The molecule has 3 heterocycles. The average Bonchev–Trinajstić information content (AvgIpc) is 3.38. The van der Waals surface area contributed by atoms with Crippen molar-refractivity contribution >= 4 is 44.6 Å². The van der Waals surface area contributed by atoms with Crippen LogP contribution in [0.25, 0.3) is 27.4 Å². The number of rotatable bonds is 3. The number of nitrogens with zero attached hydrogens (tertiary/aromatic N) is 4. The first-order chi connectivity index (χ1) is 16.1. The molecule has 0 aliphatic carbocycles. The van der Waals surface area contributed by atoms with Gasteiger partial charge in [-0.25, -0.2) is 4.98 Å². The van der Waals surface area contributed by atoms with Gasteiger partial charge in [0, 0.05) is 37.3 Å². The maximum absolute atomic E-state index is 10.8. The number of aliphatic hydroxyl groups excluding tert-OH is 1. The molecule has 7 heteroatoms. The van der Waals surface area contributed by atoms with Crippen molar-refractivity contribution in [1.82, 2.24) is 14.9 Å². The molecule has 6 rings (SSSR count). The first-order valence-corrected chi connectivity index (χ1v) is 11.3. The van der Waals surface area contributed by atoms with Gasteiger partial charge in [-0.15, -0.1) is 0 Å². The van der Waals surface area contributed by atoms with Crippen LogP contribution in [0.2, 0.25) is 0 Å². The topological polar surface area (TPSA) is 82.5 Å². The lowest BCUT2D eigenvalue weighted by atomic mass is 10.1. The summed E-state index contributed by atoms with van der Waals surface area (Å²) in [7, 11) is 2.15. The summed E-state index contributed by atoms with van der Waals surface area (Å²) in [6.07, 6.45) is 0. The number of aromatic nitrogens is 2. The second-order valence-corrected chi connectivity index (χ2v) is 8.83. The monoisotopic (exact) mass is 438 g/mol. The standard InChI is InChI=1S/C26H26N6O/c1-30-11-13-31(14-12-30)18-9-10-20-21(15-18)29-26(28-20)24-23(33)16-32(25(24)27)22-8-4-6-17-5-2-3-7-19(17)22/h2-10,15,27,33H,11-14,16H2,1H3,(H,28,29). The highest BCUT2D eigenvalue weighted by Crippen LogP contribution is 2.35. The van der Waals surface area contributed by atoms with E-state index in [1.165, 1.54) is 5.69 Å². The Morgan fingerprint density at radius 2 is 1.76 bits per heavy atom. The Morgan fingerprint density at radius 3 is 2.61 bits per heavy atom. The van der Waals surface area contributed by atoms with Crippen molar-refractivity contribution in [2.75, 3.05) is 49.6 Å². The van der Waals surface area contributed by atoms with E-state index in [1.54, 1.807) is 0 Å². The third-order valence-electron chi connectivity index (χ3n) is 6.73. The van der Waals surface area contributed by atoms with E-state index in [9.17, 15) is 5.11 Å². The van der Waals surface area contributed by atoms with Gasteiger partial charge >= 0.3 is 0 Å². The van der Waals surface area contributed by atoms with Crippen LogP contribution in [0.4, 0.5) is 11.4 Å². The number of hydrogen-bond acceptors (Lipinski definition) is 5. The SMILES string of the molecule is CN1CCN(c2ccc3nc(C4=C(O)CN(c5cccc6ccccc56)C4=N)[nH]c3c2)CC1. The molecule has 0 unspecified atom stereocenters. The van der Waals surface area contributed by atoms with E-state index in [-0.39, 0.29) is 18.1 Å². The molecular formula is C26H26N6O. The molecule has 1 fully saturated rings. The fourth-order valence-electron chi connectivity index (χ4n) is 4.85. The Labute approximate surface area is 192 Å². The number of benzene rings is 3. The first kappa shape index (κ1) is 19.8. The Bertz CT molecular complexity index is 1410. The van der Waals surface area contributed by atoms with E-state index in [4.69, 9.17) is 10.4 Å². The fourth-order valence-corrected chi connectivity index (χ4v) is 4.85. The molecule has 3 aromatic carbocycles. The summed E-state index contributed by atoms with van der Waals surface area (Å²) in [5, 5.41) is 21.9. The molecule has 166 valence electrons. The van der Waals surface area contributed by atoms with Crippen molar-refractivity contribution in [3.63, 3.8) is 0 Å². The molecule has 0 amide bonds. The largest absolute Gasteiger partial charge is 0.509 e. The molecular weight excluding hydrogens is 412 g/mol. The number of fused-ring (bicyclic) bond motifs is 2. The van der Waals surface area contributed by atoms with Crippen molar-refractivity contribution in [3.05, 3.63) is 72.2 Å². The van der Waals surface area contributed by atoms with Crippen LogP contribution in [0, 0.1) is 5.41 Å². The summed E-state index contributed by atoms with van der Waals surface area (Å²) in [6.45, 7) is 4.35. The van der Waals surface area contributed by atoms with Gasteiger partial charge in [0.1, 0.15) is 17.4 Å². The van der Waals surface area contributed by atoms with Gasteiger partial charge in [-0.05, 0) is 36.7 Å². The highest BCUT2D eigenvalue weighted by molar-refractivity contribution is 6.31. The van der Waals surface area contributed by atoms with E-state index in [0.717, 1.165) is 53.7 Å². The number of hydrogen-bond donors (Lipinski definition) is 3. The van der Waals surface area contributed by atoms with Crippen LogP contribution < -0.4 is 9.80 Å². The minimum Gasteiger partial charge on any atom is -0.509 e. The van der Waals surface area contributed by atoms with E-state index in [2.05, 4.69) is 46.1 Å². The summed E-state index contributed by atoms with van der Waals surface area (Å²) in [5.74, 6) is 0.944. The molecule has 0 saturated carbocycles. The number of piperazine rings is 1. The van der Waals surface area contributed by atoms with Gasteiger partial charge in [0.05, 0.1) is 28.8 Å². The Kier molecular flexibility index (Phi) is 4.58. The van der Waals surface area contributed by atoms with E-state index < -0.39 is 0 Å². The van der Waals surface area contributed by atoms with Gasteiger partial charge in [0.15, 0.2) is 0 Å². The molecule has 7 nitrogen and oxygen atoms in total. The van der Waals surface area contributed by atoms with Crippen LogP contribution in [0.15, 0.2) is 66.4 Å². The zero-order valence-corrected chi connectivity index (χ0v) is 18.5. The van der Waals surface area contributed by atoms with E-state index in [1.807, 2.05) is 41.3 Å². The summed E-state index contributed by atoms with van der Waals surface area (Å²) < 4.78 is 0. The Hall–Kier alpha value is -3.84. The summed E-state index contributed by atoms with van der Waals surface area (Å²) in [6, 6.07) is 20.4. The van der Waals surface area contributed by atoms with Crippen molar-refractivity contribution in [3.8, 4) is 0 Å². The minimum absolute atomic E-state index is 0.159. The van der Waals surface area contributed by atoms with Gasteiger partial charge in [-0.2, -0.15) is 0 Å². The summed E-state index contributed by atoms with van der Waals surface area (Å²) in [5.41, 5.74) is 4.29. The van der Waals surface area contributed by atoms with Crippen LogP contribution in [-0.2, 0) is 0 Å². The number of aliphatic hydroxyl groups is 1. The highest BCUT2D eigenvalue weighted by Gasteiger charge is 2.32. The molecule has 4 aromatic rings. The third-order valence-corrected chi connectivity index (χ3v) is 6.73. The molecule has 0 bridgehead atoms. The molecule has 2 aliphatic rings. The highest BCUT2D eigenvalue weighted by atomic mass is 16.3. The van der Waals surface area contributed by atoms with Crippen molar-refractivity contribution in [2.45, 2.75) is 0 Å². The lowest BCUT2D eigenvalue weighted by Crippen LogP contribution is -2.44. The molecule has 0 atom stereocenters. The maximum Gasteiger partial charge on any atom is 0.145 e. The number of nitrogens with one attached hydrogen (secondary N) is 2. The number of anilines is 2. The van der Waals surface area contributed by atoms with E-state index >= 15 is 0 Å². The van der Waals surface area contributed by atoms with Crippen molar-refractivity contribution in [2.24, 2.45) is 0 Å². The predicted octanol–water partition coefficient (Wildman–Crippen LogP) is 4.23. The average molecular weight is 439 g/mol. The zero-order chi connectivity index (χ0) is 22.5. The zero-order valence-electron chi connectivity index (χ0n) is 18.5. The molecule has 3 N–H and O–H groups in total. The van der Waals surface area contributed by atoms with E-state index in [0.29, 0.717) is 11.4 Å².